The van der Waals surface area contributed by atoms with E-state index in [0.717, 1.165) is 16.9 Å². The first-order chi connectivity index (χ1) is 16.7. The van der Waals surface area contributed by atoms with Gasteiger partial charge in [0.2, 0.25) is 0 Å². The lowest BCUT2D eigenvalue weighted by Gasteiger charge is -2.18. The van der Waals surface area contributed by atoms with E-state index >= 15 is 0 Å². The van der Waals surface area contributed by atoms with Crippen molar-refractivity contribution in [2.75, 3.05) is 24.3 Å². The summed E-state index contributed by atoms with van der Waals surface area (Å²) in [5.74, 6) is 0.515. The second-order valence-electron chi connectivity index (χ2n) is 7.59. The lowest BCUT2D eigenvalue weighted by molar-refractivity contribution is -0.384. The van der Waals surface area contributed by atoms with E-state index in [2.05, 4.69) is 9.71 Å². The summed E-state index contributed by atoms with van der Waals surface area (Å²) < 4.78 is 30.8. The highest BCUT2D eigenvalue weighted by atomic mass is 32.2. The first kappa shape index (κ1) is 24.0. The van der Waals surface area contributed by atoms with Gasteiger partial charge < -0.3 is 10.2 Å². The molecular formula is C24H21N5O4S2. The van der Waals surface area contributed by atoms with Crippen LogP contribution >= 0.6 is 11.3 Å². The van der Waals surface area contributed by atoms with Crippen molar-refractivity contribution >= 4 is 43.7 Å². The summed E-state index contributed by atoms with van der Waals surface area (Å²) in [4.78, 5) is 17.1. The molecule has 178 valence electrons. The lowest BCUT2D eigenvalue weighted by Crippen LogP contribution is -2.19. The fraction of sp³-hybridized carbons (Fsp3) is 0.0833. The number of rotatable bonds is 7. The minimum atomic E-state index is -4.00. The molecule has 0 fully saturated rings. The molecule has 4 rings (SSSR count). The minimum Gasteiger partial charge on any atom is -0.362 e. The van der Waals surface area contributed by atoms with Gasteiger partial charge in [-0.1, -0.05) is 59.9 Å². The second kappa shape index (κ2) is 10.0. The Kier molecular flexibility index (Phi) is 6.90. The molecule has 0 bridgehead atoms. The van der Waals surface area contributed by atoms with Crippen LogP contribution in [0.3, 0.4) is 0 Å². The average Bonchev–Trinajstić information content (AvgIpc) is 2.85. The number of benzene rings is 3. The van der Waals surface area contributed by atoms with Crippen molar-refractivity contribution in [3.05, 3.63) is 99.7 Å². The molecule has 0 atom stereocenters. The van der Waals surface area contributed by atoms with E-state index < -0.39 is 14.9 Å². The molecule has 0 saturated carbocycles. The molecule has 9 nitrogen and oxygen atoms in total. The van der Waals surface area contributed by atoms with Gasteiger partial charge in [0.05, 0.1) is 15.4 Å². The molecule has 0 aliphatic rings. The Morgan fingerprint density at radius 2 is 1.54 bits per heavy atom. The van der Waals surface area contributed by atoms with Crippen LogP contribution in [0.25, 0.3) is 11.1 Å². The number of nitrogens with one attached hydrogen (secondary N) is 1. The van der Waals surface area contributed by atoms with Crippen LogP contribution in [-0.4, -0.2) is 32.4 Å². The van der Waals surface area contributed by atoms with E-state index in [1.165, 1.54) is 24.3 Å². The summed E-state index contributed by atoms with van der Waals surface area (Å²) in [5, 5.41) is 14.4. The Bertz CT molecular complexity index is 1520. The van der Waals surface area contributed by atoms with Crippen LogP contribution in [0.15, 0.2) is 94.2 Å². The van der Waals surface area contributed by atoms with E-state index in [4.69, 9.17) is 4.98 Å². The third-order valence-corrected chi connectivity index (χ3v) is 7.18. The maximum Gasteiger partial charge on any atom is 0.283 e. The topological polar surface area (TPSA) is 118 Å². The summed E-state index contributed by atoms with van der Waals surface area (Å²) in [5.41, 5.74) is 1.87. The Hall–Kier alpha value is -4.09. The third-order valence-electron chi connectivity index (χ3n) is 4.90. The van der Waals surface area contributed by atoms with Crippen LogP contribution in [-0.2, 0) is 10.0 Å². The Morgan fingerprint density at radius 3 is 2.11 bits per heavy atom. The maximum atomic E-state index is 13.2. The molecule has 1 N–H and O–H groups in total. The van der Waals surface area contributed by atoms with Gasteiger partial charge in [0, 0.05) is 31.9 Å². The predicted octanol–water partition coefficient (Wildman–Crippen LogP) is 4.82. The summed E-state index contributed by atoms with van der Waals surface area (Å²) in [6, 6.07) is 23.2. The van der Waals surface area contributed by atoms with Crippen molar-refractivity contribution in [1.82, 2.24) is 4.98 Å². The minimum absolute atomic E-state index is 0.0368. The van der Waals surface area contributed by atoms with E-state index in [1.807, 2.05) is 44.4 Å². The number of nitro groups is 1. The summed E-state index contributed by atoms with van der Waals surface area (Å²) in [6.07, 6.45) is 0. The quantitative estimate of drug-likeness (QED) is 0.281. The molecule has 11 heteroatoms. The molecular weight excluding hydrogens is 486 g/mol. The highest BCUT2D eigenvalue weighted by Crippen LogP contribution is 2.30. The SMILES string of the molecule is CN(C)c1nc(Nc2ccc([N+](=O)[O-])cc2)s/c(=N\S(=O)(=O)c2ccccc2)c1-c1ccccc1. The van der Waals surface area contributed by atoms with Gasteiger partial charge in [-0.25, -0.2) is 4.98 Å². The highest BCUT2D eigenvalue weighted by Gasteiger charge is 2.19. The predicted molar refractivity (Wildman–Crippen MR) is 137 cm³/mol. The summed E-state index contributed by atoms with van der Waals surface area (Å²) in [7, 11) is -0.384. The van der Waals surface area contributed by atoms with Crippen molar-refractivity contribution in [1.29, 1.82) is 0 Å². The zero-order chi connectivity index (χ0) is 25.0. The highest BCUT2D eigenvalue weighted by molar-refractivity contribution is 7.90. The Morgan fingerprint density at radius 1 is 0.943 bits per heavy atom. The van der Waals surface area contributed by atoms with Gasteiger partial charge in [0.25, 0.3) is 15.7 Å². The van der Waals surface area contributed by atoms with Crippen LogP contribution in [0.5, 0.6) is 0 Å². The maximum absolute atomic E-state index is 13.2. The fourth-order valence-corrected chi connectivity index (χ4v) is 5.41. The van der Waals surface area contributed by atoms with Crippen LogP contribution in [0, 0.1) is 10.1 Å². The largest absolute Gasteiger partial charge is 0.362 e. The molecule has 0 spiro atoms. The third kappa shape index (κ3) is 5.53. The molecule has 0 saturated heterocycles. The lowest BCUT2D eigenvalue weighted by atomic mass is 10.1. The van der Waals surface area contributed by atoms with Crippen molar-refractivity contribution in [3.63, 3.8) is 0 Å². The van der Waals surface area contributed by atoms with Gasteiger partial charge in [-0.15, -0.1) is 4.40 Å². The standard InChI is InChI=1S/C24H21N5O4S2/c1-28(2)22-21(17-9-5-3-6-10-17)23(27-35(32,33)20-11-7-4-8-12-20)34-24(26-22)25-18-13-15-19(16-14-18)29(30)31/h3-16H,1-2H3,(H,25,26)/b27-23-. The van der Waals surface area contributed by atoms with Crippen molar-refractivity contribution in [2.45, 2.75) is 4.90 Å². The van der Waals surface area contributed by atoms with Gasteiger partial charge in [-0.2, -0.15) is 8.42 Å². The van der Waals surface area contributed by atoms with Gasteiger partial charge in [0.1, 0.15) is 10.5 Å². The van der Waals surface area contributed by atoms with E-state index in [1.54, 1.807) is 35.2 Å². The second-order valence-corrected chi connectivity index (χ2v) is 10.2. The van der Waals surface area contributed by atoms with Crippen LogP contribution < -0.4 is 14.9 Å². The number of non-ortho nitro benzene ring substituents is 1. The number of hydrogen-bond donors (Lipinski definition) is 1. The zero-order valence-electron chi connectivity index (χ0n) is 18.8. The number of nitro benzene ring substituents is 1. The fourth-order valence-electron chi connectivity index (χ4n) is 3.26. The first-order valence-corrected chi connectivity index (χ1v) is 12.7. The van der Waals surface area contributed by atoms with Crippen molar-refractivity contribution in [2.24, 2.45) is 4.40 Å². The van der Waals surface area contributed by atoms with Crippen molar-refractivity contribution < 1.29 is 13.3 Å². The molecule has 4 aromatic rings. The van der Waals surface area contributed by atoms with Gasteiger partial charge >= 0.3 is 0 Å². The Balaban J connectivity index is 1.92. The molecule has 0 radical (unpaired) electrons. The van der Waals surface area contributed by atoms with Crippen LogP contribution in [0.2, 0.25) is 0 Å². The number of hydrogen-bond acceptors (Lipinski definition) is 8. The van der Waals surface area contributed by atoms with E-state index in [-0.39, 0.29) is 15.3 Å². The molecule has 1 aromatic heterocycles. The van der Waals surface area contributed by atoms with Crippen molar-refractivity contribution in [3.8, 4) is 11.1 Å². The molecule has 3 aromatic carbocycles. The van der Waals surface area contributed by atoms with Gasteiger partial charge in [0.15, 0.2) is 5.13 Å². The number of anilines is 3. The smallest absolute Gasteiger partial charge is 0.283 e. The van der Waals surface area contributed by atoms with Gasteiger partial charge in [-0.3, -0.25) is 10.1 Å². The van der Waals surface area contributed by atoms with Gasteiger partial charge in [-0.05, 0) is 29.8 Å². The molecule has 0 aliphatic carbocycles. The summed E-state index contributed by atoms with van der Waals surface area (Å²) >= 11 is 1.07. The van der Waals surface area contributed by atoms with Crippen LogP contribution in [0.4, 0.5) is 22.3 Å². The van der Waals surface area contributed by atoms with Crippen LogP contribution in [0.1, 0.15) is 0 Å². The number of sulfonamides is 1. The number of nitrogens with zero attached hydrogens (tertiary/aromatic N) is 4. The van der Waals surface area contributed by atoms with E-state index in [0.29, 0.717) is 22.2 Å². The summed E-state index contributed by atoms with van der Waals surface area (Å²) in [6.45, 7) is 0. The molecule has 0 aliphatic heterocycles. The number of aromatic nitrogens is 1. The monoisotopic (exact) mass is 507 g/mol. The molecule has 0 unspecified atom stereocenters. The first-order valence-electron chi connectivity index (χ1n) is 10.4. The Labute approximate surface area is 206 Å². The molecule has 0 amide bonds. The molecule has 1 heterocycles. The zero-order valence-corrected chi connectivity index (χ0v) is 20.5. The molecule has 35 heavy (non-hydrogen) atoms. The average molecular weight is 508 g/mol. The van der Waals surface area contributed by atoms with E-state index in [9.17, 15) is 18.5 Å². The normalized spacial score (nSPS) is 11.8.